The second-order valence-electron chi connectivity index (χ2n) is 4.27. The minimum Gasteiger partial charge on any atom is -0.378 e. The largest absolute Gasteiger partial charge is 0.378 e. The Kier molecular flexibility index (Phi) is 3.75. The lowest BCUT2D eigenvalue weighted by Gasteiger charge is -2.12. The van der Waals surface area contributed by atoms with Crippen LogP contribution in [-0.4, -0.2) is 24.2 Å². The van der Waals surface area contributed by atoms with Gasteiger partial charge in [0.05, 0.1) is 36.2 Å². The topological polar surface area (TPSA) is 76.0 Å². The monoisotopic (exact) mass is 280 g/mol. The van der Waals surface area contributed by atoms with E-state index in [0.29, 0.717) is 12.2 Å². The summed E-state index contributed by atoms with van der Waals surface area (Å²) < 4.78 is 27.0. The number of imidazole rings is 1. The predicted octanol–water partition coefficient (Wildman–Crippen LogP) is 1.40. The number of sulfonamides is 1. The van der Waals surface area contributed by atoms with E-state index in [1.165, 1.54) is 0 Å². The number of anilines is 2. The summed E-state index contributed by atoms with van der Waals surface area (Å²) in [5.41, 5.74) is 2.27. The highest BCUT2D eigenvalue weighted by atomic mass is 32.2. The van der Waals surface area contributed by atoms with Crippen LogP contribution < -0.4 is 10.0 Å². The molecule has 0 bridgehead atoms. The van der Waals surface area contributed by atoms with Crippen molar-refractivity contribution in [1.82, 2.24) is 9.55 Å². The third-order valence-electron chi connectivity index (χ3n) is 2.60. The van der Waals surface area contributed by atoms with Gasteiger partial charge in [-0.15, -0.1) is 0 Å². The van der Waals surface area contributed by atoms with Crippen LogP contribution in [0.2, 0.25) is 0 Å². The lowest BCUT2D eigenvalue weighted by atomic mass is 10.2. The van der Waals surface area contributed by atoms with E-state index in [2.05, 4.69) is 15.0 Å². The summed E-state index contributed by atoms with van der Waals surface area (Å²) in [7, 11) is -1.38. The number of benzene rings is 1. The normalized spacial score (nSPS) is 11.3. The van der Waals surface area contributed by atoms with Crippen LogP contribution in [0.15, 0.2) is 36.8 Å². The summed E-state index contributed by atoms with van der Waals surface area (Å²) in [5.74, 6) is 0. The first-order valence-electron chi connectivity index (χ1n) is 5.71. The molecule has 0 spiro atoms. The Hall–Kier alpha value is -2.02. The van der Waals surface area contributed by atoms with Crippen molar-refractivity contribution < 1.29 is 8.42 Å². The van der Waals surface area contributed by atoms with Crippen molar-refractivity contribution in [3.63, 3.8) is 0 Å². The molecule has 0 aliphatic carbocycles. The second-order valence-corrected chi connectivity index (χ2v) is 6.02. The molecule has 2 aromatic rings. The maximum absolute atomic E-state index is 11.3. The summed E-state index contributed by atoms with van der Waals surface area (Å²) in [6.07, 6.45) is 4.61. The summed E-state index contributed by atoms with van der Waals surface area (Å²) in [5, 5.41) is 3.19. The molecule has 6 nitrogen and oxygen atoms in total. The van der Waals surface area contributed by atoms with Crippen LogP contribution in [0, 0.1) is 0 Å². The molecular formula is C12H16N4O2S. The molecule has 1 aromatic heterocycles. The third-order valence-corrected chi connectivity index (χ3v) is 3.19. The molecule has 0 radical (unpaired) electrons. The van der Waals surface area contributed by atoms with E-state index in [4.69, 9.17) is 0 Å². The van der Waals surface area contributed by atoms with Crippen LogP contribution in [0.5, 0.6) is 0 Å². The van der Waals surface area contributed by atoms with Crippen molar-refractivity contribution in [3.8, 4) is 0 Å². The van der Waals surface area contributed by atoms with Gasteiger partial charge < -0.3 is 9.88 Å². The summed E-state index contributed by atoms with van der Waals surface area (Å²) in [6, 6.07) is 7.16. The fraction of sp³-hybridized carbons (Fsp3) is 0.250. The maximum atomic E-state index is 11.3. The Morgan fingerprint density at radius 2 is 1.95 bits per heavy atom. The van der Waals surface area contributed by atoms with Crippen LogP contribution in [0.4, 0.5) is 11.4 Å². The molecule has 7 heteroatoms. The second kappa shape index (κ2) is 5.31. The number of rotatable bonds is 5. The van der Waals surface area contributed by atoms with Gasteiger partial charge in [-0.2, -0.15) is 0 Å². The van der Waals surface area contributed by atoms with Gasteiger partial charge in [-0.05, 0) is 12.1 Å². The fourth-order valence-electron chi connectivity index (χ4n) is 1.67. The van der Waals surface area contributed by atoms with Gasteiger partial charge in [-0.1, -0.05) is 12.1 Å². The first-order valence-corrected chi connectivity index (χ1v) is 7.61. The molecular weight excluding hydrogens is 264 g/mol. The fourth-order valence-corrected chi connectivity index (χ4v) is 2.24. The standard InChI is InChI=1S/C12H16N4O2S/c1-16-9-13-7-10(16)8-14-11-5-3-4-6-12(11)15-19(2,17)18/h3-7,9,14-15H,8H2,1-2H3. The highest BCUT2D eigenvalue weighted by molar-refractivity contribution is 7.92. The number of para-hydroxylation sites is 2. The van der Waals surface area contributed by atoms with Gasteiger partial charge >= 0.3 is 0 Å². The zero-order valence-electron chi connectivity index (χ0n) is 10.8. The molecule has 0 saturated carbocycles. The van der Waals surface area contributed by atoms with Crippen LogP contribution in [-0.2, 0) is 23.6 Å². The molecule has 19 heavy (non-hydrogen) atoms. The number of nitrogens with zero attached hydrogens (tertiary/aromatic N) is 2. The quantitative estimate of drug-likeness (QED) is 0.868. The van der Waals surface area contributed by atoms with E-state index in [-0.39, 0.29) is 0 Å². The molecule has 0 atom stereocenters. The van der Waals surface area contributed by atoms with Crippen molar-refractivity contribution in [2.75, 3.05) is 16.3 Å². The lowest BCUT2D eigenvalue weighted by Crippen LogP contribution is -2.12. The maximum Gasteiger partial charge on any atom is 0.229 e. The van der Waals surface area contributed by atoms with E-state index in [0.717, 1.165) is 17.6 Å². The van der Waals surface area contributed by atoms with Gasteiger partial charge in [0.15, 0.2) is 0 Å². The third kappa shape index (κ3) is 3.72. The first-order chi connectivity index (χ1) is 8.96. The number of hydrogen-bond acceptors (Lipinski definition) is 4. The van der Waals surface area contributed by atoms with E-state index in [1.807, 2.05) is 23.7 Å². The Balaban J connectivity index is 2.14. The Morgan fingerprint density at radius 3 is 2.53 bits per heavy atom. The minimum absolute atomic E-state index is 0.534. The summed E-state index contributed by atoms with van der Waals surface area (Å²) >= 11 is 0. The molecule has 0 aliphatic heterocycles. The van der Waals surface area contributed by atoms with Gasteiger partial charge in [-0.3, -0.25) is 4.72 Å². The number of aryl methyl sites for hydroxylation is 1. The molecule has 0 amide bonds. The van der Waals surface area contributed by atoms with Crippen molar-refractivity contribution in [1.29, 1.82) is 0 Å². The highest BCUT2D eigenvalue weighted by Crippen LogP contribution is 2.22. The van der Waals surface area contributed by atoms with Crippen molar-refractivity contribution >= 4 is 21.4 Å². The van der Waals surface area contributed by atoms with E-state index < -0.39 is 10.0 Å². The number of hydrogen-bond donors (Lipinski definition) is 2. The summed E-state index contributed by atoms with van der Waals surface area (Å²) in [4.78, 5) is 4.03. The van der Waals surface area contributed by atoms with Crippen LogP contribution in [0.1, 0.15) is 5.69 Å². The molecule has 0 saturated heterocycles. The molecule has 2 N–H and O–H groups in total. The Labute approximate surface area is 112 Å². The van der Waals surface area contributed by atoms with E-state index in [1.54, 1.807) is 24.7 Å². The van der Waals surface area contributed by atoms with Crippen LogP contribution in [0.25, 0.3) is 0 Å². The van der Waals surface area contributed by atoms with Gasteiger partial charge in [0, 0.05) is 13.2 Å². The first kappa shape index (κ1) is 13.4. The van der Waals surface area contributed by atoms with Gasteiger partial charge in [0.1, 0.15) is 0 Å². The lowest BCUT2D eigenvalue weighted by molar-refractivity contribution is 0.607. The molecule has 102 valence electrons. The molecule has 1 heterocycles. The summed E-state index contributed by atoms with van der Waals surface area (Å²) in [6.45, 7) is 0.568. The SMILES string of the molecule is Cn1cncc1CNc1ccccc1NS(C)(=O)=O. The molecule has 0 fully saturated rings. The van der Waals surface area contributed by atoms with E-state index >= 15 is 0 Å². The van der Waals surface area contributed by atoms with Gasteiger partial charge in [0.25, 0.3) is 0 Å². The van der Waals surface area contributed by atoms with E-state index in [9.17, 15) is 8.42 Å². The Morgan fingerprint density at radius 1 is 1.26 bits per heavy atom. The average molecular weight is 280 g/mol. The highest BCUT2D eigenvalue weighted by Gasteiger charge is 2.07. The zero-order valence-corrected chi connectivity index (χ0v) is 11.6. The van der Waals surface area contributed by atoms with Gasteiger partial charge in [-0.25, -0.2) is 13.4 Å². The molecule has 0 unspecified atom stereocenters. The van der Waals surface area contributed by atoms with Gasteiger partial charge in [0.2, 0.25) is 10.0 Å². The molecule has 2 rings (SSSR count). The number of aromatic nitrogens is 2. The average Bonchev–Trinajstić information content (AvgIpc) is 2.72. The number of nitrogens with one attached hydrogen (secondary N) is 2. The molecule has 1 aromatic carbocycles. The van der Waals surface area contributed by atoms with Crippen molar-refractivity contribution in [2.24, 2.45) is 7.05 Å². The van der Waals surface area contributed by atoms with Crippen molar-refractivity contribution in [3.05, 3.63) is 42.5 Å². The van der Waals surface area contributed by atoms with Crippen LogP contribution in [0.3, 0.4) is 0 Å². The molecule has 0 aliphatic rings. The Bertz CT molecular complexity index is 664. The van der Waals surface area contributed by atoms with Crippen LogP contribution >= 0.6 is 0 Å². The minimum atomic E-state index is -3.29. The smallest absolute Gasteiger partial charge is 0.229 e. The zero-order chi connectivity index (χ0) is 13.9. The van der Waals surface area contributed by atoms with Crippen molar-refractivity contribution in [2.45, 2.75) is 6.54 Å². The predicted molar refractivity (Wildman–Crippen MR) is 75.4 cm³/mol.